The summed E-state index contributed by atoms with van der Waals surface area (Å²) in [6, 6.07) is 11.8. The van der Waals surface area contributed by atoms with Gasteiger partial charge < -0.3 is 15.1 Å². The Kier molecular flexibility index (Phi) is 3.83. The molecule has 1 aliphatic heterocycles. The number of carboxylic acids is 2. The van der Waals surface area contributed by atoms with E-state index in [-0.39, 0.29) is 16.9 Å². The summed E-state index contributed by atoms with van der Waals surface area (Å²) in [5, 5.41) is 19.1. The van der Waals surface area contributed by atoms with Crippen molar-refractivity contribution >= 4 is 23.4 Å². The molecule has 0 aromatic heterocycles. The van der Waals surface area contributed by atoms with Crippen LogP contribution in [-0.4, -0.2) is 35.0 Å². The van der Waals surface area contributed by atoms with E-state index in [9.17, 15) is 24.6 Å². The molecule has 2 N–H and O–H groups in total. The number of benzene rings is 2. The van der Waals surface area contributed by atoms with Crippen molar-refractivity contribution in [3.05, 3.63) is 64.7 Å². The fraction of sp³-hybridized carbons (Fsp3) is 0.211. The molecule has 0 unspecified atom stereocenters. The fourth-order valence-electron chi connectivity index (χ4n) is 3.19. The maximum atomic E-state index is 13.2. The van der Waals surface area contributed by atoms with E-state index in [2.05, 4.69) is 0 Å². The van der Waals surface area contributed by atoms with Crippen LogP contribution >= 0.6 is 0 Å². The third kappa shape index (κ3) is 2.38. The molecule has 1 heterocycles. The van der Waals surface area contributed by atoms with Crippen LogP contribution in [0.3, 0.4) is 0 Å². The molecule has 0 amide bonds. The highest BCUT2D eigenvalue weighted by Gasteiger charge is 2.47. The number of aliphatic carboxylic acids is 2. The lowest BCUT2D eigenvalue weighted by molar-refractivity contribution is -0.156. The summed E-state index contributed by atoms with van der Waals surface area (Å²) in [4.78, 5) is 38.5. The average Bonchev–Trinajstić information content (AvgIpc) is 2.69. The molecule has 128 valence electrons. The van der Waals surface area contributed by atoms with Crippen LogP contribution < -0.4 is 4.90 Å². The number of carbonyl (C=O) groups is 3. The van der Waals surface area contributed by atoms with E-state index >= 15 is 0 Å². The zero-order chi connectivity index (χ0) is 18.4. The fourth-order valence-corrected chi connectivity index (χ4v) is 3.19. The maximum Gasteiger partial charge on any atom is 0.325 e. The van der Waals surface area contributed by atoms with Crippen LogP contribution in [0.5, 0.6) is 0 Å². The van der Waals surface area contributed by atoms with Crippen molar-refractivity contribution in [1.82, 2.24) is 0 Å². The van der Waals surface area contributed by atoms with Gasteiger partial charge in [0.2, 0.25) is 0 Å². The Balaban J connectivity index is 2.36. The summed E-state index contributed by atoms with van der Waals surface area (Å²) in [5.74, 6) is -3.39. The lowest BCUT2D eigenvalue weighted by atomic mass is 9.77. The van der Waals surface area contributed by atoms with Gasteiger partial charge in [0.1, 0.15) is 0 Å². The van der Waals surface area contributed by atoms with Gasteiger partial charge in [0.05, 0.1) is 5.56 Å². The lowest BCUT2D eigenvalue weighted by Gasteiger charge is -2.26. The number of fused-ring (bicyclic) bond motifs is 2. The summed E-state index contributed by atoms with van der Waals surface area (Å²) in [6.07, 6.45) is 0. The van der Waals surface area contributed by atoms with Gasteiger partial charge in [-0.1, -0.05) is 36.4 Å². The van der Waals surface area contributed by atoms with Crippen molar-refractivity contribution in [1.29, 1.82) is 0 Å². The van der Waals surface area contributed by atoms with E-state index in [0.717, 1.165) is 12.5 Å². The first-order valence-corrected chi connectivity index (χ1v) is 7.72. The minimum Gasteiger partial charge on any atom is -0.480 e. The molecular weight excluding hydrogens is 322 g/mol. The van der Waals surface area contributed by atoms with Crippen molar-refractivity contribution in [3.63, 3.8) is 0 Å². The molecule has 0 spiro atoms. The second kappa shape index (κ2) is 5.73. The Morgan fingerprint density at radius 1 is 1.04 bits per heavy atom. The summed E-state index contributed by atoms with van der Waals surface area (Å²) in [6.45, 7) is 1.58. The molecule has 6 heteroatoms. The molecular formula is C19H17NO5. The van der Waals surface area contributed by atoms with Gasteiger partial charge in [-0.15, -0.1) is 0 Å². The molecule has 0 fully saturated rings. The largest absolute Gasteiger partial charge is 0.480 e. The Bertz CT molecular complexity index is 888. The predicted molar refractivity (Wildman–Crippen MR) is 91.0 cm³/mol. The molecule has 0 radical (unpaired) electrons. The minimum absolute atomic E-state index is 0.0152. The number of nitrogens with zero attached hydrogens (tertiary/aromatic N) is 1. The SMILES string of the molecule is CN1Cc2ccccc2C(=O)c2c1cccc2C(C)(C(=O)O)C(=O)O. The van der Waals surface area contributed by atoms with Crippen molar-refractivity contribution in [3.8, 4) is 0 Å². The summed E-state index contributed by atoms with van der Waals surface area (Å²) < 4.78 is 0. The van der Waals surface area contributed by atoms with Crippen LogP contribution in [0.25, 0.3) is 0 Å². The van der Waals surface area contributed by atoms with Gasteiger partial charge >= 0.3 is 11.9 Å². The minimum atomic E-state index is -2.22. The summed E-state index contributed by atoms with van der Waals surface area (Å²) >= 11 is 0. The molecule has 2 aromatic rings. The number of carboxylic acid groups (broad SMARTS) is 2. The van der Waals surface area contributed by atoms with Gasteiger partial charge in [-0.25, -0.2) is 0 Å². The van der Waals surface area contributed by atoms with E-state index in [1.807, 2.05) is 17.0 Å². The van der Waals surface area contributed by atoms with Gasteiger partial charge in [-0.05, 0) is 24.1 Å². The number of hydrogen-bond donors (Lipinski definition) is 2. The number of anilines is 1. The Hall–Kier alpha value is -3.15. The smallest absolute Gasteiger partial charge is 0.325 e. The summed E-state index contributed by atoms with van der Waals surface area (Å²) in [5.41, 5.74) is -0.322. The highest BCUT2D eigenvalue weighted by molar-refractivity contribution is 6.17. The van der Waals surface area contributed by atoms with Gasteiger partial charge in [0.25, 0.3) is 0 Å². The highest BCUT2D eigenvalue weighted by atomic mass is 16.4. The van der Waals surface area contributed by atoms with E-state index in [4.69, 9.17) is 0 Å². The van der Waals surface area contributed by atoms with Gasteiger partial charge in [0.15, 0.2) is 11.2 Å². The average molecular weight is 339 g/mol. The molecule has 0 atom stereocenters. The molecule has 0 saturated heterocycles. The molecule has 6 nitrogen and oxygen atoms in total. The van der Waals surface area contributed by atoms with Crippen LogP contribution in [0, 0.1) is 0 Å². The maximum absolute atomic E-state index is 13.2. The normalized spacial score (nSPS) is 13.7. The summed E-state index contributed by atoms with van der Waals surface area (Å²) in [7, 11) is 1.79. The molecule has 3 rings (SSSR count). The van der Waals surface area contributed by atoms with Crippen LogP contribution in [0.2, 0.25) is 0 Å². The predicted octanol–water partition coefficient (Wildman–Crippen LogP) is 2.29. The first kappa shape index (κ1) is 16.7. The first-order valence-electron chi connectivity index (χ1n) is 7.72. The molecule has 0 aliphatic carbocycles. The van der Waals surface area contributed by atoms with Crippen molar-refractivity contribution in [2.75, 3.05) is 11.9 Å². The Morgan fingerprint density at radius 3 is 2.32 bits per heavy atom. The van der Waals surface area contributed by atoms with Gasteiger partial charge in [-0.2, -0.15) is 0 Å². The van der Waals surface area contributed by atoms with Crippen LogP contribution in [-0.2, 0) is 21.5 Å². The van der Waals surface area contributed by atoms with E-state index in [1.165, 1.54) is 6.07 Å². The molecule has 25 heavy (non-hydrogen) atoms. The van der Waals surface area contributed by atoms with E-state index in [0.29, 0.717) is 17.8 Å². The van der Waals surface area contributed by atoms with Crippen LogP contribution in [0.15, 0.2) is 42.5 Å². The molecule has 1 aliphatic rings. The third-order valence-electron chi connectivity index (χ3n) is 4.74. The zero-order valence-corrected chi connectivity index (χ0v) is 13.8. The monoisotopic (exact) mass is 339 g/mol. The quantitative estimate of drug-likeness (QED) is 0.833. The number of hydrogen-bond acceptors (Lipinski definition) is 4. The first-order chi connectivity index (χ1) is 11.8. The highest BCUT2D eigenvalue weighted by Crippen LogP contribution is 2.37. The molecule has 2 aromatic carbocycles. The molecule has 0 bridgehead atoms. The third-order valence-corrected chi connectivity index (χ3v) is 4.74. The Morgan fingerprint density at radius 2 is 1.68 bits per heavy atom. The molecule has 0 saturated carbocycles. The Labute approximate surface area is 144 Å². The van der Waals surface area contributed by atoms with E-state index in [1.54, 1.807) is 31.3 Å². The number of rotatable bonds is 3. The van der Waals surface area contributed by atoms with Crippen molar-refractivity contribution in [2.24, 2.45) is 0 Å². The van der Waals surface area contributed by atoms with Crippen molar-refractivity contribution in [2.45, 2.75) is 18.9 Å². The number of carbonyl (C=O) groups excluding carboxylic acids is 1. The van der Waals surface area contributed by atoms with Gasteiger partial charge in [-0.3, -0.25) is 14.4 Å². The van der Waals surface area contributed by atoms with Crippen LogP contribution in [0.1, 0.15) is 34.0 Å². The number of ketones is 1. The lowest BCUT2D eigenvalue weighted by Crippen LogP contribution is -2.42. The van der Waals surface area contributed by atoms with Crippen LogP contribution in [0.4, 0.5) is 5.69 Å². The van der Waals surface area contributed by atoms with Gasteiger partial charge in [0, 0.05) is 24.8 Å². The second-order valence-electron chi connectivity index (χ2n) is 6.28. The van der Waals surface area contributed by atoms with Crippen molar-refractivity contribution < 1.29 is 24.6 Å². The second-order valence-corrected chi connectivity index (χ2v) is 6.28. The topological polar surface area (TPSA) is 94.9 Å². The standard InChI is InChI=1S/C19H17NO5/c1-19(17(22)23,18(24)25)13-8-5-9-14-15(13)16(21)12-7-4-3-6-11(12)10-20(14)2/h3-9H,10H2,1-2H3,(H,22,23)(H,24,25). The van der Waals surface area contributed by atoms with E-state index < -0.39 is 17.4 Å². The zero-order valence-electron chi connectivity index (χ0n) is 13.8.